The van der Waals surface area contributed by atoms with Gasteiger partial charge < -0.3 is 10.6 Å². The fourth-order valence-electron chi connectivity index (χ4n) is 2.35. The van der Waals surface area contributed by atoms with Gasteiger partial charge in [0, 0.05) is 22.9 Å². The van der Waals surface area contributed by atoms with E-state index in [1.165, 1.54) is 18.2 Å². The number of anilines is 1. The van der Waals surface area contributed by atoms with Crippen LogP contribution in [0.5, 0.6) is 0 Å². The molecule has 130 valence electrons. The zero-order valence-electron chi connectivity index (χ0n) is 14.3. The minimum atomic E-state index is -0.505. The van der Waals surface area contributed by atoms with E-state index < -0.39 is 10.8 Å². The predicted octanol–water partition coefficient (Wildman–Crippen LogP) is 2.89. The van der Waals surface area contributed by atoms with Gasteiger partial charge in [0.05, 0.1) is 11.5 Å². The summed E-state index contributed by atoms with van der Waals surface area (Å²) in [4.78, 5) is 34.4. The minimum Gasteiger partial charge on any atom is -0.343 e. The van der Waals surface area contributed by atoms with Crippen LogP contribution in [0.2, 0.25) is 0 Å². The van der Waals surface area contributed by atoms with Crippen molar-refractivity contribution in [3.8, 4) is 0 Å². The lowest BCUT2D eigenvalue weighted by Gasteiger charge is -2.11. The van der Waals surface area contributed by atoms with E-state index in [2.05, 4.69) is 10.6 Å². The van der Waals surface area contributed by atoms with Crippen molar-refractivity contribution in [2.75, 3.05) is 11.9 Å². The number of nitrogens with zero attached hydrogens (tertiary/aromatic N) is 1. The molecule has 0 heterocycles. The quantitative estimate of drug-likeness (QED) is 0.645. The van der Waals surface area contributed by atoms with Gasteiger partial charge in [-0.2, -0.15) is 0 Å². The number of carbonyl (C=O) groups excluding carboxylic acids is 2. The highest BCUT2D eigenvalue weighted by molar-refractivity contribution is 5.99. The van der Waals surface area contributed by atoms with Gasteiger partial charge >= 0.3 is 0 Å². The third-order valence-corrected chi connectivity index (χ3v) is 3.94. The summed E-state index contributed by atoms with van der Waals surface area (Å²) < 4.78 is 0. The number of nitro benzene ring substituents is 1. The fraction of sp³-hybridized carbons (Fsp3) is 0.222. The first-order valence-electron chi connectivity index (χ1n) is 7.69. The second-order valence-electron chi connectivity index (χ2n) is 5.74. The van der Waals surface area contributed by atoms with E-state index in [4.69, 9.17) is 0 Å². The van der Waals surface area contributed by atoms with Crippen molar-refractivity contribution >= 4 is 23.2 Å². The first kappa shape index (κ1) is 18.1. The van der Waals surface area contributed by atoms with E-state index in [1.807, 2.05) is 26.0 Å². The first-order valence-corrected chi connectivity index (χ1v) is 7.69. The van der Waals surface area contributed by atoms with Gasteiger partial charge in [-0.3, -0.25) is 19.7 Å². The second-order valence-corrected chi connectivity index (χ2v) is 5.74. The molecule has 0 atom stereocenters. The lowest BCUT2D eigenvalue weighted by molar-refractivity contribution is -0.385. The maximum atomic E-state index is 12.1. The number of benzene rings is 2. The van der Waals surface area contributed by atoms with Crippen molar-refractivity contribution in [3.05, 3.63) is 68.8 Å². The number of amides is 2. The molecule has 25 heavy (non-hydrogen) atoms. The highest BCUT2D eigenvalue weighted by atomic mass is 16.6. The zero-order chi connectivity index (χ0) is 18.6. The van der Waals surface area contributed by atoms with Crippen LogP contribution in [0, 0.1) is 30.9 Å². The highest BCUT2D eigenvalue weighted by Gasteiger charge is 2.14. The summed E-state index contributed by atoms with van der Waals surface area (Å²) in [5.41, 5.74) is 3.33. The molecule has 2 amide bonds. The van der Waals surface area contributed by atoms with E-state index in [-0.39, 0.29) is 23.7 Å². The summed E-state index contributed by atoms with van der Waals surface area (Å²) in [7, 11) is 0. The van der Waals surface area contributed by atoms with E-state index >= 15 is 0 Å². The van der Waals surface area contributed by atoms with Gasteiger partial charge in [-0.15, -0.1) is 0 Å². The third-order valence-electron chi connectivity index (χ3n) is 3.94. The predicted molar refractivity (Wildman–Crippen MR) is 94.7 cm³/mol. The van der Waals surface area contributed by atoms with Crippen molar-refractivity contribution in [2.45, 2.75) is 20.8 Å². The van der Waals surface area contributed by atoms with Gasteiger partial charge in [-0.05, 0) is 50.1 Å². The number of hydrogen-bond donors (Lipinski definition) is 2. The lowest BCUT2D eigenvalue weighted by atomic mass is 10.1. The van der Waals surface area contributed by atoms with Crippen LogP contribution in [0.1, 0.15) is 27.0 Å². The van der Waals surface area contributed by atoms with E-state index in [1.54, 1.807) is 13.0 Å². The Morgan fingerprint density at radius 1 is 1.08 bits per heavy atom. The molecule has 0 fully saturated rings. The lowest BCUT2D eigenvalue weighted by Crippen LogP contribution is -2.33. The monoisotopic (exact) mass is 341 g/mol. The SMILES string of the molecule is Cc1cc(C(=O)NCC(=O)Nc2cccc(C)c2C)ccc1[N+](=O)[O-]. The van der Waals surface area contributed by atoms with Crippen LogP contribution in [0.25, 0.3) is 0 Å². The number of carbonyl (C=O) groups is 2. The molecule has 0 saturated carbocycles. The number of hydrogen-bond acceptors (Lipinski definition) is 4. The maximum absolute atomic E-state index is 12.1. The molecule has 0 aliphatic rings. The van der Waals surface area contributed by atoms with Gasteiger partial charge in [-0.1, -0.05) is 12.1 Å². The maximum Gasteiger partial charge on any atom is 0.272 e. The van der Waals surface area contributed by atoms with Gasteiger partial charge in [0.1, 0.15) is 0 Å². The number of nitro groups is 1. The topological polar surface area (TPSA) is 101 Å². The van der Waals surface area contributed by atoms with E-state index in [0.29, 0.717) is 11.3 Å². The van der Waals surface area contributed by atoms with Crippen molar-refractivity contribution in [3.63, 3.8) is 0 Å². The van der Waals surface area contributed by atoms with Gasteiger partial charge in [0.25, 0.3) is 11.6 Å². The number of aryl methyl sites for hydroxylation is 2. The van der Waals surface area contributed by atoms with Crippen LogP contribution < -0.4 is 10.6 Å². The minimum absolute atomic E-state index is 0.0517. The van der Waals surface area contributed by atoms with Crippen molar-refractivity contribution in [1.82, 2.24) is 5.32 Å². The van der Waals surface area contributed by atoms with Crippen LogP contribution in [-0.4, -0.2) is 23.3 Å². The molecule has 0 bridgehead atoms. The Kier molecular flexibility index (Phi) is 5.49. The molecule has 0 aromatic heterocycles. The molecule has 0 spiro atoms. The van der Waals surface area contributed by atoms with Crippen LogP contribution in [-0.2, 0) is 4.79 Å². The molecular weight excluding hydrogens is 322 g/mol. The average Bonchev–Trinajstić information content (AvgIpc) is 2.56. The molecule has 7 nitrogen and oxygen atoms in total. The largest absolute Gasteiger partial charge is 0.343 e. The first-order chi connectivity index (χ1) is 11.8. The smallest absolute Gasteiger partial charge is 0.272 e. The Hall–Kier alpha value is -3.22. The standard InChI is InChI=1S/C18H19N3O4/c1-11-5-4-6-15(13(11)3)20-17(22)10-19-18(23)14-7-8-16(21(24)25)12(2)9-14/h4-9H,10H2,1-3H3,(H,19,23)(H,20,22). The van der Waals surface area contributed by atoms with E-state index in [0.717, 1.165) is 11.1 Å². The Morgan fingerprint density at radius 2 is 1.80 bits per heavy atom. The van der Waals surface area contributed by atoms with E-state index in [9.17, 15) is 19.7 Å². The Bertz CT molecular complexity index is 846. The highest BCUT2D eigenvalue weighted by Crippen LogP contribution is 2.19. The summed E-state index contributed by atoms with van der Waals surface area (Å²) in [6.45, 7) is 5.22. The van der Waals surface area contributed by atoms with Crippen LogP contribution in [0.4, 0.5) is 11.4 Å². The Balaban J connectivity index is 1.97. The third kappa shape index (κ3) is 4.41. The molecule has 0 unspecified atom stereocenters. The zero-order valence-corrected chi connectivity index (χ0v) is 14.3. The molecule has 0 aliphatic heterocycles. The molecule has 2 rings (SSSR count). The normalized spacial score (nSPS) is 10.2. The number of nitrogens with one attached hydrogen (secondary N) is 2. The van der Waals surface area contributed by atoms with Crippen LogP contribution >= 0.6 is 0 Å². The molecule has 7 heteroatoms. The molecule has 0 aliphatic carbocycles. The van der Waals surface area contributed by atoms with Crippen LogP contribution in [0.3, 0.4) is 0 Å². The summed E-state index contributed by atoms with van der Waals surface area (Å²) in [5.74, 6) is -0.810. The second kappa shape index (κ2) is 7.57. The molecule has 2 N–H and O–H groups in total. The summed E-state index contributed by atoms with van der Waals surface area (Å²) in [6.07, 6.45) is 0. The van der Waals surface area contributed by atoms with Crippen molar-refractivity contribution in [2.24, 2.45) is 0 Å². The number of rotatable bonds is 5. The summed E-state index contributed by atoms with van der Waals surface area (Å²) in [6, 6.07) is 9.65. The molecule has 2 aromatic carbocycles. The summed E-state index contributed by atoms with van der Waals surface area (Å²) >= 11 is 0. The van der Waals surface area contributed by atoms with Gasteiger partial charge in [-0.25, -0.2) is 0 Å². The summed E-state index contributed by atoms with van der Waals surface area (Å²) in [5, 5.41) is 16.1. The average molecular weight is 341 g/mol. The fourth-order valence-corrected chi connectivity index (χ4v) is 2.35. The van der Waals surface area contributed by atoms with Crippen molar-refractivity contribution in [1.29, 1.82) is 0 Å². The van der Waals surface area contributed by atoms with Crippen molar-refractivity contribution < 1.29 is 14.5 Å². The Morgan fingerprint density at radius 3 is 2.44 bits per heavy atom. The molecular formula is C18H19N3O4. The molecule has 0 radical (unpaired) electrons. The van der Waals surface area contributed by atoms with Crippen LogP contribution in [0.15, 0.2) is 36.4 Å². The Labute approximate surface area is 145 Å². The molecule has 2 aromatic rings. The molecule has 0 saturated heterocycles. The van der Waals surface area contributed by atoms with Gasteiger partial charge in [0.15, 0.2) is 0 Å². The van der Waals surface area contributed by atoms with Gasteiger partial charge in [0.2, 0.25) is 5.91 Å².